The number of imidazole rings is 1. The van der Waals surface area contributed by atoms with E-state index in [1.54, 1.807) is 25.1 Å². The van der Waals surface area contributed by atoms with Crippen LogP contribution in [0.15, 0.2) is 6.33 Å². The summed E-state index contributed by atoms with van der Waals surface area (Å²) >= 11 is 0. The fraction of sp³-hybridized carbons (Fsp3) is 0.444. The number of nitrogens with zero attached hydrogens (tertiary/aromatic N) is 5. The van der Waals surface area contributed by atoms with E-state index < -0.39 is 0 Å². The van der Waals surface area contributed by atoms with Crippen molar-refractivity contribution in [2.45, 2.75) is 0 Å². The van der Waals surface area contributed by atoms with E-state index >= 15 is 0 Å². The van der Waals surface area contributed by atoms with Gasteiger partial charge in [-0.1, -0.05) is 0 Å². The smallest absolute Gasteiger partial charge is 0.320 e. The molecule has 0 aliphatic rings. The number of aromatic nitrogens is 4. The van der Waals surface area contributed by atoms with Crippen molar-refractivity contribution in [3.05, 3.63) is 6.33 Å². The van der Waals surface area contributed by atoms with Crippen molar-refractivity contribution in [3.8, 4) is 6.01 Å². The van der Waals surface area contributed by atoms with Crippen molar-refractivity contribution in [2.24, 2.45) is 7.05 Å². The Balaban J connectivity index is 2.69. The lowest BCUT2D eigenvalue weighted by atomic mass is 10.5. The highest BCUT2D eigenvalue weighted by molar-refractivity contribution is 5.83. The van der Waals surface area contributed by atoms with Crippen LogP contribution < -0.4 is 9.80 Å². The summed E-state index contributed by atoms with van der Waals surface area (Å²) in [6.45, 7) is 0. The predicted octanol–water partition coefficient (Wildman–Crippen LogP) is 0.369. The first kappa shape index (κ1) is 10.6. The first-order valence-electron chi connectivity index (χ1n) is 4.68. The van der Waals surface area contributed by atoms with Gasteiger partial charge in [0.1, 0.15) is 0 Å². The van der Waals surface area contributed by atoms with E-state index in [4.69, 9.17) is 9.57 Å². The second kappa shape index (κ2) is 3.93. The minimum Gasteiger partial charge on any atom is -0.467 e. The topological polar surface area (TPSA) is 65.3 Å². The van der Waals surface area contributed by atoms with Crippen LogP contribution >= 0.6 is 0 Å². The van der Waals surface area contributed by atoms with E-state index in [1.807, 2.05) is 7.05 Å². The number of aryl methyl sites for hydroxylation is 1. The molecule has 7 heteroatoms. The number of methoxy groups -OCH3 is 1. The third kappa shape index (κ3) is 1.54. The molecule has 16 heavy (non-hydrogen) atoms. The minimum absolute atomic E-state index is 0.287. The van der Waals surface area contributed by atoms with Crippen LogP contribution in [0.25, 0.3) is 11.2 Å². The lowest BCUT2D eigenvalue weighted by molar-refractivity contribution is 0.182. The highest BCUT2D eigenvalue weighted by Gasteiger charge is 2.15. The van der Waals surface area contributed by atoms with E-state index in [9.17, 15) is 0 Å². The first-order valence-corrected chi connectivity index (χ1v) is 4.68. The van der Waals surface area contributed by atoms with Crippen LogP contribution in [-0.4, -0.2) is 40.8 Å². The Morgan fingerprint density at radius 1 is 1.31 bits per heavy atom. The van der Waals surface area contributed by atoms with E-state index in [-0.39, 0.29) is 6.01 Å². The highest BCUT2D eigenvalue weighted by Crippen LogP contribution is 2.23. The van der Waals surface area contributed by atoms with Gasteiger partial charge in [-0.15, -0.1) is 0 Å². The average Bonchev–Trinajstić information content (AvgIpc) is 2.69. The molecule has 0 atom stereocenters. The van der Waals surface area contributed by atoms with E-state index in [0.717, 1.165) is 0 Å². The van der Waals surface area contributed by atoms with Crippen molar-refractivity contribution in [3.63, 3.8) is 0 Å². The Hall–Kier alpha value is -1.89. The summed E-state index contributed by atoms with van der Waals surface area (Å²) in [6, 6.07) is 0.287. The molecular weight excluding hydrogens is 210 g/mol. The molecule has 2 aromatic heterocycles. The molecule has 0 saturated heterocycles. The summed E-state index contributed by atoms with van der Waals surface area (Å²) in [7, 11) is 6.69. The van der Waals surface area contributed by atoms with Crippen molar-refractivity contribution in [2.75, 3.05) is 26.3 Å². The largest absolute Gasteiger partial charge is 0.467 e. The summed E-state index contributed by atoms with van der Waals surface area (Å²) in [4.78, 5) is 17.7. The van der Waals surface area contributed by atoms with Gasteiger partial charge >= 0.3 is 6.01 Å². The Labute approximate surface area is 92.6 Å². The molecule has 0 aliphatic carbocycles. The van der Waals surface area contributed by atoms with Gasteiger partial charge < -0.3 is 9.30 Å². The van der Waals surface area contributed by atoms with Crippen LogP contribution in [-0.2, 0) is 11.9 Å². The van der Waals surface area contributed by atoms with Crippen molar-refractivity contribution >= 4 is 17.0 Å². The minimum atomic E-state index is 0.287. The van der Waals surface area contributed by atoms with Gasteiger partial charge in [-0.2, -0.15) is 9.97 Å². The maximum Gasteiger partial charge on any atom is 0.320 e. The van der Waals surface area contributed by atoms with Crippen LogP contribution in [0.1, 0.15) is 0 Å². The molecule has 2 rings (SSSR count). The van der Waals surface area contributed by atoms with Gasteiger partial charge in [0.15, 0.2) is 17.0 Å². The fourth-order valence-electron chi connectivity index (χ4n) is 1.37. The molecule has 0 radical (unpaired) electrons. The maximum atomic E-state index is 5.09. The SMILES string of the molecule is COc1nc(N(C)OC)c2ncn(C)c2n1. The number of anilines is 1. The monoisotopic (exact) mass is 223 g/mol. The van der Waals surface area contributed by atoms with Crippen molar-refractivity contribution in [1.29, 1.82) is 0 Å². The van der Waals surface area contributed by atoms with E-state index in [1.165, 1.54) is 12.2 Å². The standard InChI is InChI=1S/C9H13N5O2/c1-13-5-10-6-7(13)11-9(15-3)12-8(6)14(2)16-4/h5H,1-4H3. The van der Waals surface area contributed by atoms with Crippen LogP contribution in [0.4, 0.5) is 5.82 Å². The zero-order valence-corrected chi connectivity index (χ0v) is 9.63. The molecule has 2 aromatic rings. The molecule has 0 amide bonds. The third-order valence-electron chi connectivity index (χ3n) is 2.28. The van der Waals surface area contributed by atoms with E-state index in [2.05, 4.69) is 15.0 Å². The molecule has 0 N–H and O–H groups in total. The van der Waals surface area contributed by atoms with Gasteiger partial charge in [0.2, 0.25) is 0 Å². The van der Waals surface area contributed by atoms with Gasteiger partial charge in [-0.3, -0.25) is 4.84 Å². The van der Waals surface area contributed by atoms with Gasteiger partial charge in [0.25, 0.3) is 0 Å². The zero-order chi connectivity index (χ0) is 11.7. The number of hydrogen-bond acceptors (Lipinski definition) is 6. The quantitative estimate of drug-likeness (QED) is 0.700. The molecule has 0 saturated carbocycles. The summed E-state index contributed by atoms with van der Waals surface area (Å²) in [5, 5.41) is 1.51. The number of hydrogen-bond donors (Lipinski definition) is 0. The molecule has 0 spiro atoms. The molecule has 0 aromatic carbocycles. The molecule has 7 nitrogen and oxygen atoms in total. The number of rotatable bonds is 3. The summed E-state index contributed by atoms with van der Waals surface area (Å²) in [6.07, 6.45) is 1.67. The van der Waals surface area contributed by atoms with Crippen LogP contribution in [0, 0.1) is 0 Å². The Morgan fingerprint density at radius 3 is 2.69 bits per heavy atom. The number of fused-ring (bicyclic) bond motifs is 1. The summed E-state index contributed by atoms with van der Waals surface area (Å²) in [5.74, 6) is 0.574. The molecule has 0 unspecified atom stereocenters. The Bertz CT molecular complexity index is 510. The second-order valence-electron chi connectivity index (χ2n) is 3.24. The number of hydroxylamine groups is 1. The van der Waals surface area contributed by atoms with Gasteiger partial charge in [-0.05, 0) is 0 Å². The average molecular weight is 223 g/mol. The van der Waals surface area contributed by atoms with Crippen LogP contribution in [0.5, 0.6) is 6.01 Å². The molecule has 0 aliphatic heterocycles. The molecule has 0 bridgehead atoms. The van der Waals surface area contributed by atoms with Gasteiger partial charge in [-0.25, -0.2) is 10.0 Å². The van der Waals surface area contributed by atoms with Gasteiger partial charge in [0, 0.05) is 14.1 Å². The third-order valence-corrected chi connectivity index (χ3v) is 2.28. The molecule has 86 valence electrons. The summed E-state index contributed by atoms with van der Waals surface area (Å²) in [5.41, 5.74) is 1.37. The van der Waals surface area contributed by atoms with Crippen molar-refractivity contribution < 1.29 is 9.57 Å². The normalized spacial score (nSPS) is 10.8. The summed E-state index contributed by atoms with van der Waals surface area (Å²) < 4.78 is 6.83. The van der Waals surface area contributed by atoms with E-state index in [0.29, 0.717) is 17.0 Å². The van der Waals surface area contributed by atoms with Crippen LogP contribution in [0.2, 0.25) is 0 Å². The first-order chi connectivity index (χ1) is 7.67. The molecule has 0 fully saturated rings. The maximum absolute atomic E-state index is 5.09. The van der Waals surface area contributed by atoms with Crippen molar-refractivity contribution in [1.82, 2.24) is 19.5 Å². The Morgan fingerprint density at radius 2 is 2.06 bits per heavy atom. The highest BCUT2D eigenvalue weighted by atomic mass is 16.7. The lowest BCUT2D eigenvalue weighted by Gasteiger charge is -2.15. The molecular formula is C9H13N5O2. The molecule has 2 heterocycles. The number of ether oxygens (including phenoxy) is 1. The second-order valence-corrected chi connectivity index (χ2v) is 3.24. The predicted molar refractivity (Wildman–Crippen MR) is 58.3 cm³/mol. The van der Waals surface area contributed by atoms with Gasteiger partial charge in [0.05, 0.1) is 20.5 Å². The fourth-order valence-corrected chi connectivity index (χ4v) is 1.37. The lowest BCUT2D eigenvalue weighted by Crippen LogP contribution is -2.17. The zero-order valence-electron chi connectivity index (χ0n) is 9.63. The van der Waals surface area contributed by atoms with Crippen LogP contribution in [0.3, 0.4) is 0 Å². The Kier molecular flexibility index (Phi) is 2.61.